The molecule has 44 heavy (non-hydrogen) atoms. The van der Waals surface area contributed by atoms with E-state index in [-0.39, 0.29) is 19.4 Å². The van der Waals surface area contributed by atoms with Crippen LogP contribution in [0, 0.1) is 5.92 Å². The normalized spacial score (nSPS) is 25.0. The summed E-state index contributed by atoms with van der Waals surface area (Å²) in [7, 11) is -2.30. The van der Waals surface area contributed by atoms with Crippen molar-refractivity contribution in [3.63, 3.8) is 0 Å². The topological polar surface area (TPSA) is 173 Å². The molecule has 2 heterocycles. The van der Waals surface area contributed by atoms with E-state index >= 15 is 0 Å². The van der Waals surface area contributed by atoms with Crippen molar-refractivity contribution < 1.29 is 37.1 Å². The van der Waals surface area contributed by atoms with Gasteiger partial charge in [0.1, 0.15) is 29.5 Å². The minimum Gasteiger partial charge on any atom is -0.497 e. The van der Waals surface area contributed by atoms with Crippen molar-refractivity contribution in [1.29, 1.82) is 0 Å². The van der Waals surface area contributed by atoms with E-state index in [1.807, 2.05) is 6.07 Å². The number of methoxy groups -OCH3 is 1. The number of nitrogens with zero attached hydrogens (tertiary/aromatic N) is 2. The van der Waals surface area contributed by atoms with Gasteiger partial charge in [-0.2, -0.15) is 0 Å². The Morgan fingerprint density at radius 1 is 1.18 bits per heavy atom. The summed E-state index contributed by atoms with van der Waals surface area (Å²) in [6.45, 7) is 8.59. The summed E-state index contributed by atoms with van der Waals surface area (Å²) in [6, 6.07) is 5.10. The van der Waals surface area contributed by atoms with Gasteiger partial charge in [0.25, 0.3) is 5.91 Å². The molecule has 2 saturated carbocycles. The van der Waals surface area contributed by atoms with Gasteiger partial charge in [-0.25, -0.2) is 13.4 Å². The lowest BCUT2D eigenvalue weighted by molar-refractivity contribution is -0.141. The van der Waals surface area contributed by atoms with Crippen LogP contribution in [-0.4, -0.2) is 84.6 Å². The number of carbonyl (C=O) groups excluding carboxylic acids is 4. The highest BCUT2D eigenvalue weighted by molar-refractivity contribution is 7.91. The van der Waals surface area contributed by atoms with Gasteiger partial charge in [-0.15, -0.1) is 6.58 Å². The quantitative estimate of drug-likeness (QED) is 0.229. The van der Waals surface area contributed by atoms with Crippen LogP contribution < -0.4 is 24.8 Å². The van der Waals surface area contributed by atoms with Crippen molar-refractivity contribution in [2.75, 3.05) is 13.7 Å². The number of rotatable bonds is 12. The molecular formula is C30H35N5O8S. The lowest BCUT2D eigenvalue weighted by Gasteiger charge is -2.28. The van der Waals surface area contributed by atoms with Crippen molar-refractivity contribution in [2.45, 2.75) is 61.6 Å². The molecule has 4 amide bonds. The zero-order valence-corrected chi connectivity index (χ0v) is 25.3. The zero-order chi connectivity index (χ0) is 31.8. The lowest BCUT2D eigenvalue weighted by atomic mass is 10.1. The van der Waals surface area contributed by atoms with Crippen LogP contribution in [0.15, 0.2) is 55.8 Å². The lowest BCUT2D eigenvalue weighted by Crippen LogP contribution is -2.58. The van der Waals surface area contributed by atoms with Gasteiger partial charge in [0, 0.05) is 23.9 Å². The van der Waals surface area contributed by atoms with Crippen LogP contribution in [0.5, 0.6) is 11.6 Å². The van der Waals surface area contributed by atoms with Crippen LogP contribution in [0.1, 0.15) is 32.6 Å². The summed E-state index contributed by atoms with van der Waals surface area (Å²) in [5, 5.41) is 6.12. The first-order valence-corrected chi connectivity index (χ1v) is 15.8. The average Bonchev–Trinajstić information content (AvgIpc) is 3.93. The highest BCUT2D eigenvalue weighted by Crippen LogP contribution is 2.45. The second-order valence-electron chi connectivity index (χ2n) is 11.3. The number of carbonyl (C=O) groups is 4. The summed E-state index contributed by atoms with van der Waals surface area (Å²) in [5.41, 5.74) is -1.52. The Kier molecular flexibility index (Phi) is 8.38. The fourth-order valence-corrected chi connectivity index (χ4v) is 6.85. The Balaban J connectivity index is 1.39. The number of ether oxygens (including phenoxy) is 2. The molecule has 1 saturated heterocycles. The van der Waals surface area contributed by atoms with E-state index in [0.717, 1.165) is 11.5 Å². The van der Waals surface area contributed by atoms with Gasteiger partial charge < -0.3 is 25.0 Å². The molecule has 1 aliphatic heterocycles. The molecule has 5 atom stereocenters. The summed E-state index contributed by atoms with van der Waals surface area (Å²) >= 11 is 0. The number of hydrogen-bond acceptors (Lipinski definition) is 9. The van der Waals surface area contributed by atoms with Gasteiger partial charge in [0.15, 0.2) is 0 Å². The molecule has 234 valence electrons. The summed E-state index contributed by atoms with van der Waals surface area (Å²) < 4.78 is 38.6. The Morgan fingerprint density at radius 3 is 2.57 bits per heavy atom. The third-order valence-electron chi connectivity index (χ3n) is 8.23. The molecule has 14 heteroatoms. The van der Waals surface area contributed by atoms with E-state index in [0.29, 0.717) is 29.9 Å². The number of benzene rings is 1. The molecule has 3 N–H and O–H groups in total. The van der Waals surface area contributed by atoms with E-state index < -0.39 is 68.5 Å². The maximum Gasteiger partial charge on any atom is 0.259 e. The minimum absolute atomic E-state index is 0.0143. The molecule has 0 radical (unpaired) electrons. The van der Waals surface area contributed by atoms with Crippen molar-refractivity contribution >= 4 is 44.4 Å². The Labute approximate surface area is 255 Å². The number of aromatic nitrogens is 1. The summed E-state index contributed by atoms with van der Waals surface area (Å²) in [6.07, 6.45) is 4.56. The Bertz CT molecular complexity index is 1640. The van der Waals surface area contributed by atoms with Crippen LogP contribution in [0.4, 0.5) is 0 Å². The predicted octanol–water partition coefficient (Wildman–Crippen LogP) is 0.952. The SMILES string of the molecule is C=CC(=O)NC(C)C(=O)N1CC(Oc2nccc3cc(OC)ccc23)CC1C(=O)NC1(C(=O)NS(=O)(=O)C2CC2)CC1C=C. The summed E-state index contributed by atoms with van der Waals surface area (Å²) in [5.74, 6) is -2.16. The highest BCUT2D eigenvalue weighted by atomic mass is 32.2. The number of pyridine rings is 1. The fourth-order valence-electron chi connectivity index (χ4n) is 5.48. The smallest absolute Gasteiger partial charge is 0.259 e. The van der Waals surface area contributed by atoms with E-state index in [9.17, 15) is 27.6 Å². The standard InChI is InChI=1S/C30H35N5O8S/c1-5-19-15-30(19,29(39)34-44(40,41)22-8-9-22)33-26(37)24-14-21(16-35(24)28(38)17(3)32-25(36)6-2)43-27-23-10-7-20(42-4)13-18(23)11-12-31-27/h5-7,10-13,17,19,21-22,24H,1-2,8-9,14-16H2,3-4H3,(H,32,36)(H,33,37)(H,34,39). The zero-order valence-electron chi connectivity index (χ0n) is 24.4. The van der Waals surface area contributed by atoms with Gasteiger partial charge >= 0.3 is 0 Å². The molecule has 3 fully saturated rings. The van der Waals surface area contributed by atoms with Crippen molar-refractivity contribution in [3.8, 4) is 11.6 Å². The molecule has 2 aliphatic carbocycles. The molecule has 0 bridgehead atoms. The molecule has 1 aromatic heterocycles. The van der Waals surface area contributed by atoms with Gasteiger partial charge in [-0.05, 0) is 61.9 Å². The van der Waals surface area contributed by atoms with Crippen molar-refractivity contribution in [1.82, 2.24) is 25.2 Å². The molecule has 13 nitrogen and oxygen atoms in total. The molecule has 5 unspecified atom stereocenters. The van der Waals surface area contributed by atoms with Crippen molar-refractivity contribution in [3.05, 3.63) is 55.8 Å². The average molecular weight is 626 g/mol. The number of hydrogen-bond donors (Lipinski definition) is 3. The highest BCUT2D eigenvalue weighted by Gasteiger charge is 2.62. The third-order valence-corrected chi connectivity index (χ3v) is 10.0. The number of amides is 4. The van der Waals surface area contributed by atoms with Gasteiger partial charge in [0.05, 0.1) is 18.9 Å². The molecular weight excluding hydrogens is 590 g/mol. The minimum atomic E-state index is -3.86. The molecule has 0 spiro atoms. The first-order valence-electron chi connectivity index (χ1n) is 14.3. The molecule has 5 rings (SSSR count). The van der Waals surface area contributed by atoms with E-state index in [1.54, 1.807) is 31.5 Å². The fraction of sp³-hybridized carbons (Fsp3) is 0.433. The third kappa shape index (κ3) is 6.11. The second-order valence-corrected chi connectivity index (χ2v) is 13.3. The van der Waals surface area contributed by atoms with Crippen LogP contribution in [0.25, 0.3) is 10.8 Å². The predicted molar refractivity (Wildman–Crippen MR) is 160 cm³/mol. The number of fused-ring (bicyclic) bond motifs is 1. The first kappa shape index (κ1) is 31.0. The Morgan fingerprint density at radius 2 is 1.93 bits per heavy atom. The van der Waals surface area contributed by atoms with Gasteiger partial charge in [-0.1, -0.05) is 12.7 Å². The number of sulfonamides is 1. The van der Waals surface area contributed by atoms with E-state index in [2.05, 4.69) is 33.5 Å². The van der Waals surface area contributed by atoms with E-state index in [4.69, 9.17) is 9.47 Å². The monoisotopic (exact) mass is 625 g/mol. The Hall–Kier alpha value is -4.46. The van der Waals surface area contributed by atoms with Crippen molar-refractivity contribution in [2.24, 2.45) is 5.92 Å². The van der Waals surface area contributed by atoms with Crippen LogP contribution >= 0.6 is 0 Å². The van der Waals surface area contributed by atoms with Crippen LogP contribution in [0.2, 0.25) is 0 Å². The number of likely N-dealkylation sites (tertiary alicyclic amines) is 1. The van der Waals surface area contributed by atoms with Gasteiger partial charge in [-0.3, -0.25) is 23.9 Å². The molecule has 2 aromatic rings. The van der Waals surface area contributed by atoms with Crippen LogP contribution in [0.3, 0.4) is 0 Å². The molecule has 1 aromatic carbocycles. The van der Waals surface area contributed by atoms with E-state index in [1.165, 1.54) is 17.9 Å². The maximum absolute atomic E-state index is 13.8. The van der Waals surface area contributed by atoms with Crippen LogP contribution in [-0.2, 0) is 29.2 Å². The second kappa shape index (κ2) is 11.9. The number of nitrogens with one attached hydrogen (secondary N) is 3. The largest absolute Gasteiger partial charge is 0.497 e. The van der Waals surface area contributed by atoms with Gasteiger partial charge in [0.2, 0.25) is 33.6 Å². The molecule has 3 aliphatic rings. The first-order chi connectivity index (χ1) is 20.9. The summed E-state index contributed by atoms with van der Waals surface area (Å²) in [4.78, 5) is 58.1. The maximum atomic E-state index is 13.8.